The molecule has 0 aromatic heterocycles. The number of hydrogen-bond donors (Lipinski definition) is 1. The minimum atomic E-state index is -0.731. The SMILES string of the molecule is Cc1ccc(C)c(OCC(=O)N2CC(C)(O)C2)c1C. The monoisotopic (exact) mass is 263 g/mol. The Bertz CT molecular complexity index is 500. The highest BCUT2D eigenvalue weighted by Crippen LogP contribution is 2.26. The van der Waals surface area contributed by atoms with Gasteiger partial charge in [0.1, 0.15) is 5.75 Å². The molecule has 1 N–H and O–H groups in total. The second-order valence-electron chi connectivity index (χ2n) is 5.69. The van der Waals surface area contributed by atoms with Gasteiger partial charge in [-0.2, -0.15) is 0 Å². The molecule has 104 valence electrons. The minimum Gasteiger partial charge on any atom is -0.483 e. The summed E-state index contributed by atoms with van der Waals surface area (Å²) in [6.07, 6.45) is 0. The van der Waals surface area contributed by atoms with E-state index in [1.165, 1.54) is 0 Å². The van der Waals surface area contributed by atoms with E-state index in [0.29, 0.717) is 13.1 Å². The van der Waals surface area contributed by atoms with Gasteiger partial charge in [-0.05, 0) is 44.4 Å². The first kappa shape index (κ1) is 13.9. The highest BCUT2D eigenvalue weighted by Gasteiger charge is 2.39. The largest absolute Gasteiger partial charge is 0.483 e. The van der Waals surface area contributed by atoms with Crippen LogP contribution in [0.1, 0.15) is 23.6 Å². The standard InChI is InChI=1S/C15H21NO3/c1-10-5-6-11(2)14(12(10)3)19-7-13(17)16-8-15(4,18)9-16/h5-6,18H,7-9H2,1-4H3. The van der Waals surface area contributed by atoms with Crippen molar-refractivity contribution in [2.24, 2.45) is 0 Å². The maximum Gasteiger partial charge on any atom is 0.260 e. The van der Waals surface area contributed by atoms with E-state index in [0.717, 1.165) is 22.4 Å². The molecule has 1 saturated heterocycles. The Morgan fingerprint density at radius 1 is 1.32 bits per heavy atom. The number of carbonyl (C=O) groups excluding carboxylic acids is 1. The van der Waals surface area contributed by atoms with Crippen molar-refractivity contribution in [3.8, 4) is 5.75 Å². The predicted molar refractivity (Wildman–Crippen MR) is 73.4 cm³/mol. The van der Waals surface area contributed by atoms with Crippen LogP contribution in [0.5, 0.6) is 5.75 Å². The van der Waals surface area contributed by atoms with Gasteiger partial charge in [0.05, 0.1) is 18.7 Å². The van der Waals surface area contributed by atoms with Crippen molar-refractivity contribution >= 4 is 5.91 Å². The molecule has 4 nitrogen and oxygen atoms in total. The van der Waals surface area contributed by atoms with E-state index in [9.17, 15) is 9.90 Å². The molecule has 2 rings (SSSR count). The molecule has 1 fully saturated rings. The Morgan fingerprint density at radius 2 is 1.89 bits per heavy atom. The van der Waals surface area contributed by atoms with Crippen LogP contribution < -0.4 is 4.74 Å². The molecule has 0 bridgehead atoms. The number of ether oxygens (including phenoxy) is 1. The van der Waals surface area contributed by atoms with Crippen LogP contribution in [-0.4, -0.2) is 41.2 Å². The van der Waals surface area contributed by atoms with Crippen molar-refractivity contribution in [1.29, 1.82) is 0 Å². The van der Waals surface area contributed by atoms with Crippen molar-refractivity contribution in [2.75, 3.05) is 19.7 Å². The number of carbonyl (C=O) groups is 1. The fourth-order valence-electron chi connectivity index (χ4n) is 2.33. The predicted octanol–water partition coefficient (Wildman–Crippen LogP) is 1.58. The molecule has 0 atom stereocenters. The molecule has 1 aromatic carbocycles. The highest BCUT2D eigenvalue weighted by molar-refractivity contribution is 5.79. The number of hydrogen-bond acceptors (Lipinski definition) is 3. The highest BCUT2D eigenvalue weighted by atomic mass is 16.5. The van der Waals surface area contributed by atoms with E-state index in [1.54, 1.807) is 11.8 Å². The second-order valence-corrected chi connectivity index (χ2v) is 5.69. The third-order valence-corrected chi connectivity index (χ3v) is 3.63. The summed E-state index contributed by atoms with van der Waals surface area (Å²) in [7, 11) is 0. The summed E-state index contributed by atoms with van der Waals surface area (Å²) in [4.78, 5) is 13.5. The van der Waals surface area contributed by atoms with Gasteiger partial charge in [-0.25, -0.2) is 0 Å². The normalized spacial score (nSPS) is 17.0. The number of rotatable bonds is 3. The molecule has 4 heteroatoms. The van der Waals surface area contributed by atoms with Gasteiger partial charge in [0.2, 0.25) is 0 Å². The molecule has 1 amide bonds. The van der Waals surface area contributed by atoms with Gasteiger partial charge in [0.15, 0.2) is 6.61 Å². The van der Waals surface area contributed by atoms with Gasteiger partial charge in [0, 0.05) is 0 Å². The minimum absolute atomic E-state index is 0.0290. The molecule has 1 aliphatic rings. The van der Waals surface area contributed by atoms with Gasteiger partial charge in [0.25, 0.3) is 5.91 Å². The summed E-state index contributed by atoms with van der Waals surface area (Å²) in [6.45, 7) is 8.53. The fourth-order valence-corrected chi connectivity index (χ4v) is 2.33. The van der Waals surface area contributed by atoms with E-state index in [1.807, 2.05) is 32.9 Å². The summed E-state index contributed by atoms with van der Waals surface area (Å²) in [5.74, 6) is 0.715. The molecule has 19 heavy (non-hydrogen) atoms. The average Bonchev–Trinajstić information content (AvgIpc) is 2.30. The zero-order valence-electron chi connectivity index (χ0n) is 12.0. The summed E-state index contributed by atoms with van der Waals surface area (Å²) in [6, 6.07) is 4.04. The third-order valence-electron chi connectivity index (χ3n) is 3.63. The fraction of sp³-hybridized carbons (Fsp3) is 0.533. The number of benzene rings is 1. The van der Waals surface area contributed by atoms with Gasteiger partial charge in [-0.15, -0.1) is 0 Å². The maximum atomic E-state index is 11.9. The van der Waals surface area contributed by atoms with Crippen LogP contribution >= 0.6 is 0 Å². The molecular weight excluding hydrogens is 242 g/mol. The summed E-state index contributed by atoms with van der Waals surface area (Å²) in [5.41, 5.74) is 2.53. The van der Waals surface area contributed by atoms with E-state index in [4.69, 9.17) is 4.74 Å². The van der Waals surface area contributed by atoms with Crippen molar-refractivity contribution in [3.63, 3.8) is 0 Å². The zero-order chi connectivity index (χ0) is 14.2. The summed E-state index contributed by atoms with van der Waals surface area (Å²) in [5, 5.41) is 9.61. The molecule has 1 aliphatic heterocycles. The Morgan fingerprint density at radius 3 is 2.47 bits per heavy atom. The van der Waals surface area contributed by atoms with Gasteiger partial charge in [-0.1, -0.05) is 12.1 Å². The van der Waals surface area contributed by atoms with Crippen molar-refractivity contribution < 1.29 is 14.6 Å². The van der Waals surface area contributed by atoms with Crippen LogP contribution in [0.4, 0.5) is 0 Å². The van der Waals surface area contributed by atoms with Crippen molar-refractivity contribution in [2.45, 2.75) is 33.3 Å². The quantitative estimate of drug-likeness (QED) is 0.901. The lowest BCUT2D eigenvalue weighted by Gasteiger charge is -2.44. The Labute approximate surface area is 114 Å². The van der Waals surface area contributed by atoms with E-state index >= 15 is 0 Å². The van der Waals surface area contributed by atoms with Crippen LogP contribution in [0.15, 0.2) is 12.1 Å². The number of aryl methyl sites for hydroxylation is 2. The smallest absolute Gasteiger partial charge is 0.260 e. The third kappa shape index (κ3) is 2.89. The van der Waals surface area contributed by atoms with Crippen LogP contribution in [-0.2, 0) is 4.79 Å². The summed E-state index contributed by atoms with van der Waals surface area (Å²) < 4.78 is 5.66. The molecule has 0 saturated carbocycles. The molecule has 1 aromatic rings. The zero-order valence-corrected chi connectivity index (χ0v) is 12.0. The number of β-amino-alcohol motifs (C(OH)–C–C–N with tert-alkyl or cyclic N) is 1. The first-order chi connectivity index (χ1) is 8.80. The first-order valence-corrected chi connectivity index (χ1v) is 6.50. The van der Waals surface area contributed by atoms with Crippen LogP contribution in [0.3, 0.4) is 0 Å². The van der Waals surface area contributed by atoms with Crippen LogP contribution in [0.25, 0.3) is 0 Å². The van der Waals surface area contributed by atoms with Crippen molar-refractivity contribution in [1.82, 2.24) is 4.90 Å². The van der Waals surface area contributed by atoms with Gasteiger partial charge >= 0.3 is 0 Å². The second kappa shape index (κ2) is 4.85. The molecule has 0 unspecified atom stereocenters. The molecule has 0 radical (unpaired) electrons. The Kier molecular flexibility index (Phi) is 3.54. The molecule has 1 heterocycles. The van der Waals surface area contributed by atoms with E-state index in [-0.39, 0.29) is 12.5 Å². The van der Waals surface area contributed by atoms with E-state index < -0.39 is 5.60 Å². The maximum absolute atomic E-state index is 11.9. The Hall–Kier alpha value is -1.55. The molecule has 0 spiro atoms. The van der Waals surface area contributed by atoms with Crippen LogP contribution in [0, 0.1) is 20.8 Å². The van der Waals surface area contributed by atoms with Gasteiger partial charge < -0.3 is 14.7 Å². The van der Waals surface area contributed by atoms with Gasteiger partial charge in [-0.3, -0.25) is 4.79 Å². The lowest BCUT2D eigenvalue weighted by Crippen LogP contribution is -2.62. The van der Waals surface area contributed by atoms with Crippen LogP contribution in [0.2, 0.25) is 0 Å². The number of nitrogens with zero attached hydrogens (tertiary/aromatic N) is 1. The molecule has 0 aliphatic carbocycles. The lowest BCUT2D eigenvalue weighted by atomic mass is 9.97. The Balaban J connectivity index is 1.96. The van der Waals surface area contributed by atoms with Crippen molar-refractivity contribution in [3.05, 3.63) is 28.8 Å². The number of aliphatic hydroxyl groups is 1. The molecular formula is C15H21NO3. The lowest BCUT2D eigenvalue weighted by molar-refractivity contribution is -0.154. The number of likely N-dealkylation sites (tertiary alicyclic amines) is 1. The first-order valence-electron chi connectivity index (χ1n) is 6.50. The number of amides is 1. The van der Waals surface area contributed by atoms with E-state index in [2.05, 4.69) is 0 Å². The average molecular weight is 263 g/mol. The summed E-state index contributed by atoms with van der Waals surface area (Å²) >= 11 is 0. The topological polar surface area (TPSA) is 49.8 Å².